The average Bonchev–Trinajstić information content (AvgIpc) is 3.06. The van der Waals surface area contributed by atoms with E-state index in [0.717, 1.165) is 38.5 Å². The molecule has 48 heavy (non-hydrogen) atoms. The highest BCUT2D eigenvalue weighted by atomic mass is 19.1. The molecule has 1 aliphatic heterocycles. The Bertz CT molecular complexity index is 1510. The van der Waals surface area contributed by atoms with Crippen molar-refractivity contribution < 1.29 is 43.0 Å². The average molecular weight is 674 g/mol. The number of benzene rings is 2. The van der Waals surface area contributed by atoms with Gasteiger partial charge in [0.2, 0.25) is 5.91 Å². The quantitative estimate of drug-likeness (QED) is 0.202. The Morgan fingerprint density at radius 1 is 1.15 bits per heavy atom. The van der Waals surface area contributed by atoms with Crippen LogP contribution in [0.3, 0.4) is 0 Å². The second-order valence-corrected chi connectivity index (χ2v) is 12.5. The van der Waals surface area contributed by atoms with Crippen molar-refractivity contribution in [2.45, 2.75) is 58.7 Å². The van der Waals surface area contributed by atoms with Crippen LogP contribution in [-0.4, -0.2) is 85.5 Å². The summed E-state index contributed by atoms with van der Waals surface area (Å²) >= 11 is 0. The van der Waals surface area contributed by atoms with Gasteiger partial charge in [0.05, 0.1) is 37.5 Å². The highest BCUT2D eigenvalue weighted by molar-refractivity contribution is 5.93. The molecule has 2 aromatic carbocycles. The molecule has 0 aromatic heterocycles. The summed E-state index contributed by atoms with van der Waals surface area (Å²) in [7, 11) is 2.59. The number of nitrogens with zero attached hydrogens (tertiary/aromatic N) is 3. The molecule has 15 heteroatoms. The highest BCUT2D eigenvalue weighted by Gasteiger charge is 2.39. The summed E-state index contributed by atoms with van der Waals surface area (Å²) in [6.07, 6.45) is 2.40. The molecule has 1 aliphatic carbocycles. The van der Waals surface area contributed by atoms with Gasteiger partial charge in [-0.05, 0) is 42.4 Å². The molecule has 2 aromatic rings. The van der Waals surface area contributed by atoms with E-state index in [1.54, 1.807) is 18.2 Å². The molecule has 4 atom stereocenters. The Balaban J connectivity index is 1.51. The Labute approximate surface area is 278 Å². The number of hydrogen-bond donors (Lipinski definition) is 3. The van der Waals surface area contributed by atoms with Crippen molar-refractivity contribution in [3.63, 3.8) is 0 Å². The van der Waals surface area contributed by atoms with Gasteiger partial charge in [0.1, 0.15) is 29.9 Å². The lowest BCUT2D eigenvalue weighted by atomic mass is 9.72. The molecule has 1 saturated carbocycles. The third-order valence-corrected chi connectivity index (χ3v) is 9.16. The van der Waals surface area contributed by atoms with Crippen LogP contribution in [0.4, 0.5) is 31.9 Å². The number of halogens is 1. The molecule has 4 unspecified atom stereocenters. The van der Waals surface area contributed by atoms with Gasteiger partial charge in [-0.25, -0.2) is 14.0 Å². The van der Waals surface area contributed by atoms with Crippen molar-refractivity contribution in [1.82, 2.24) is 4.90 Å². The van der Waals surface area contributed by atoms with Crippen LogP contribution in [0, 0.1) is 33.7 Å². The summed E-state index contributed by atoms with van der Waals surface area (Å²) in [6, 6.07) is 5.36. The van der Waals surface area contributed by atoms with Gasteiger partial charge in [-0.1, -0.05) is 33.6 Å². The van der Waals surface area contributed by atoms with E-state index >= 15 is 4.39 Å². The molecule has 14 nitrogen and oxygen atoms in total. The van der Waals surface area contributed by atoms with Crippen molar-refractivity contribution in [2.75, 3.05) is 56.0 Å². The fraction of sp³-hybridized carbons (Fsp3) is 0.545. The van der Waals surface area contributed by atoms with Crippen LogP contribution < -0.4 is 20.3 Å². The van der Waals surface area contributed by atoms with E-state index in [4.69, 9.17) is 14.2 Å². The first-order valence-electron chi connectivity index (χ1n) is 16.0. The van der Waals surface area contributed by atoms with Crippen molar-refractivity contribution in [1.29, 1.82) is 0 Å². The zero-order chi connectivity index (χ0) is 35.1. The fourth-order valence-corrected chi connectivity index (χ4v) is 6.93. The number of carboxylic acid groups (broad SMARTS) is 1. The predicted molar refractivity (Wildman–Crippen MR) is 176 cm³/mol. The van der Waals surface area contributed by atoms with Gasteiger partial charge in [-0.15, -0.1) is 0 Å². The molecule has 0 radical (unpaired) electrons. The molecule has 3 N–H and O–H groups in total. The second-order valence-electron chi connectivity index (χ2n) is 12.5. The van der Waals surface area contributed by atoms with Crippen LogP contribution in [0.1, 0.15) is 45.6 Å². The standard InChI is InChI=1S/C33H44FN5O9/c1-19(2)30-20(3)7-6-8-27(30)48-18-29(40)36-24-11-9-21(15-28(24)46-4)35-16-22-23(34)10-12-25(39(44)45)31(22)38-14-13-37(33(43)47-5)17-26(38)32(41)42/h9-12,15,19-20,26-27,30,35H,6-8,13-14,16-18H2,1-5H3,(H,36,40)(H,41,42). The van der Waals surface area contributed by atoms with Gasteiger partial charge in [0.15, 0.2) is 0 Å². The SMILES string of the molecule is COC(=O)N1CCN(c2c([N+](=O)[O-])ccc(F)c2CNc2ccc(NC(=O)COC3CCCC(C)C3C(C)C)c(OC)c2)C(C(=O)O)C1. The summed E-state index contributed by atoms with van der Waals surface area (Å²) < 4.78 is 31.7. The predicted octanol–water partition coefficient (Wildman–Crippen LogP) is 5.11. The van der Waals surface area contributed by atoms with E-state index in [1.807, 2.05) is 0 Å². The van der Waals surface area contributed by atoms with Crippen LogP contribution in [0.25, 0.3) is 0 Å². The molecule has 2 fully saturated rings. The number of aliphatic carboxylic acids is 1. The van der Waals surface area contributed by atoms with Crippen molar-refractivity contribution in [2.24, 2.45) is 17.8 Å². The zero-order valence-corrected chi connectivity index (χ0v) is 27.9. The lowest BCUT2D eigenvalue weighted by Crippen LogP contribution is -2.58. The topological polar surface area (TPSA) is 173 Å². The number of ether oxygens (including phenoxy) is 3. The van der Waals surface area contributed by atoms with Crippen molar-refractivity contribution >= 4 is 40.7 Å². The van der Waals surface area contributed by atoms with Gasteiger partial charge < -0.3 is 39.8 Å². The number of carbonyl (C=O) groups is 3. The first-order chi connectivity index (χ1) is 22.9. The van der Waals surface area contributed by atoms with Crippen molar-refractivity contribution in [3.05, 3.63) is 51.8 Å². The number of carbonyl (C=O) groups excluding carboxylic acids is 2. The smallest absolute Gasteiger partial charge is 0.409 e. The largest absolute Gasteiger partial charge is 0.494 e. The Morgan fingerprint density at radius 3 is 2.54 bits per heavy atom. The molecular formula is C33H44FN5O9. The number of rotatable bonds is 12. The van der Waals surface area contributed by atoms with Crippen molar-refractivity contribution in [3.8, 4) is 5.75 Å². The molecule has 2 aliphatic rings. The van der Waals surface area contributed by atoms with Gasteiger partial charge in [0, 0.05) is 43.0 Å². The number of piperazine rings is 1. The summed E-state index contributed by atoms with van der Waals surface area (Å²) in [4.78, 5) is 51.0. The minimum Gasteiger partial charge on any atom is -0.494 e. The monoisotopic (exact) mass is 673 g/mol. The van der Waals surface area contributed by atoms with E-state index in [9.17, 15) is 29.6 Å². The summed E-state index contributed by atoms with van der Waals surface area (Å²) in [5, 5.41) is 27.9. The first-order valence-corrected chi connectivity index (χ1v) is 16.0. The van der Waals surface area contributed by atoms with E-state index < -0.39 is 34.5 Å². The maximum atomic E-state index is 15.4. The third-order valence-electron chi connectivity index (χ3n) is 9.16. The lowest BCUT2D eigenvalue weighted by Gasteiger charge is -2.40. The number of carboxylic acids is 1. The lowest BCUT2D eigenvalue weighted by molar-refractivity contribution is -0.384. The molecule has 1 heterocycles. The molecule has 2 amide bonds. The highest BCUT2D eigenvalue weighted by Crippen LogP contribution is 2.38. The molecule has 1 saturated heterocycles. The third kappa shape index (κ3) is 8.24. The molecule has 0 spiro atoms. The maximum absolute atomic E-state index is 15.4. The minimum absolute atomic E-state index is 0.00446. The molecule has 262 valence electrons. The Morgan fingerprint density at radius 2 is 1.90 bits per heavy atom. The number of anilines is 3. The number of nitro groups is 1. The van der Waals surface area contributed by atoms with E-state index in [-0.39, 0.29) is 56.0 Å². The van der Waals surface area contributed by atoms with Gasteiger partial charge in [-0.2, -0.15) is 0 Å². The molecule has 4 rings (SSSR count). The van der Waals surface area contributed by atoms with Crippen LogP contribution in [0.2, 0.25) is 0 Å². The minimum atomic E-state index is -1.40. The molecular weight excluding hydrogens is 629 g/mol. The van der Waals surface area contributed by atoms with Gasteiger partial charge in [0.25, 0.3) is 5.69 Å². The summed E-state index contributed by atoms with van der Waals surface area (Å²) in [5.41, 5.74) is 0.0223. The normalized spacial score (nSPS) is 21.1. The Kier molecular flexibility index (Phi) is 12.0. The number of nitrogens with one attached hydrogen (secondary N) is 2. The summed E-state index contributed by atoms with van der Waals surface area (Å²) in [5.74, 6) is -0.818. The second kappa shape index (κ2) is 16.0. The number of hydrogen-bond acceptors (Lipinski definition) is 10. The number of methoxy groups -OCH3 is 2. The number of nitro benzene ring substituents is 1. The number of amides is 2. The van der Waals surface area contributed by atoms with E-state index in [2.05, 4.69) is 31.4 Å². The Hall–Kier alpha value is -4.66. The fourth-order valence-electron chi connectivity index (χ4n) is 6.93. The van der Waals surface area contributed by atoms with E-state index in [1.165, 1.54) is 16.9 Å². The van der Waals surface area contributed by atoms with E-state index in [0.29, 0.717) is 34.9 Å². The zero-order valence-electron chi connectivity index (χ0n) is 27.9. The molecule has 0 bridgehead atoms. The van der Waals surface area contributed by atoms with Crippen LogP contribution >= 0.6 is 0 Å². The van der Waals surface area contributed by atoms with Crippen LogP contribution in [0.5, 0.6) is 5.75 Å². The van der Waals surface area contributed by atoms with Gasteiger partial charge in [-0.3, -0.25) is 14.9 Å². The van der Waals surface area contributed by atoms with Crippen LogP contribution in [-0.2, 0) is 25.6 Å². The summed E-state index contributed by atoms with van der Waals surface area (Å²) in [6.45, 7) is 5.79. The van der Waals surface area contributed by atoms with Crippen LogP contribution in [0.15, 0.2) is 30.3 Å². The first kappa shape index (κ1) is 36.2. The van der Waals surface area contributed by atoms with Gasteiger partial charge >= 0.3 is 12.1 Å². The maximum Gasteiger partial charge on any atom is 0.409 e.